The highest BCUT2D eigenvalue weighted by Crippen LogP contribution is 2.37. The third-order valence-corrected chi connectivity index (χ3v) is 7.38. The van der Waals surface area contributed by atoms with Crippen LogP contribution in [-0.2, 0) is 6.54 Å². The molecule has 2 aromatic heterocycles. The summed E-state index contributed by atoms with van der Waals surface area (Å²) in [7, 11) is 1.67. The van der Waals surface area contributed by atoms with Crippen molar-refractivity contribution in [1.29, 1.82) is 0 Å². The fraction of sp³-hybridized carbons (Fsp3) is 0.346. The lowest BCUT2D eigenvalue weighted by atomic mass is 10.1. The maximum absolute atomic E-state index is 9.59. The van der Waals surface area contributed by atoms with Crippen molar-refractivity contribution in [3.63, 3.8) is 0 Å². The van der Waals surface area contributed by atoms with Crippen molar-refractivity contribution in [3.05, 3.63) is 59.8 Å². The molecule has 0 amide bonds. The van der Waals surface area contributed by atoms with E-state index in [-0.39, 0.29) is 12.6 Å². The van der Waals surface area contributed by atoms with E-state index < -0.39 is 0 Å². The van der Waals surface area contributed by atoms with Crippen LogP contribution >= 0.6 is 11.3 Å². The number of ether oxygens (including phenoxy) is 1. The van der Waals surface area contributed by atoms with E-state index in [2.05, 4.69) is 16.7 Å². The number of aliphatic hydroxyl groups is 1. The number of para-hydroxylation sites is 1. The lowest BCUT2D eigenvalue weighted by Crippen LogP contribution is -2.19. The smallest absolute Gasteiger partial charge is 0.225 e. The molecular formula is C26H29N5O2S. The second-order valence-corrected chi connectivity index (χ2v) is 9.78. The number of benzene rings is 2. The summed E-state index contributed by atoms with van der Waals surface area (Å²) in [6.45, 7) is 2.84. The van der Waals surface area contributed by atoms with Gasteiger partial charge >= 0.3 is 0 Å². The Morgan fingerprint density at radius 1 is 1.09 bits per heavy atom. The van der Waals surface area contributed by atoms with Crippen molar-refractivity contribution < 1.29 is 9.84 Å². The number of thiazole rings is 1. The lowest BCUT2D eigenvalue weighted by molar-refractivity contribution is 0.229. The minimum atomic E-state index is 0.235. The van der Waals surface area contributed by atoms with Gasteiger partial charge in [0.15, 0.2) is 0 Å². The molecule has 0 aliphatic heterocycles. The summed E-state index contributed by atoms with van der Waals surface area (Å²) in [6.07, 6.45) is 2.97. The Morgan fingerprint density at radius 2 is 1.97 bits per heavy atom. The number of rotatable bonds is 8. The van der Waals surface area contributed by atoms with Crippen LogP contribution in [0.5, 0.6) is 5.75 Å². The van der Waals surface area contributed by atoms with Gasteiger partial charge in [0.2, 0.25) is 5.95 Å². The summed E-state index contributed by atoms with van der Waals surface area (Å²) in [6, 6.07) is 16.4. The lowest BCUT2D eigenvalue weighted by Gasteiger charge is -2.18. The standard InChI is InChI=1S/C26H29N5O2S/c1-16-23(25-30-21-8-3-4-9-22(21)34-25)24(29-19-11-10-18(12-19)15-32)31-26(28-16)27-14-17-6-5-7-20(13-17)33-2/h3-9,13,18-19,32H,10-12,14-15H2,1-2H3,(H2,27,28,29,31)/t18?,19-/m0/s1. The highest BCUT2D eigenvalue weighted by atomic mass is 32.1. The van der Waals surface area contributed by atoms with Crippen LogP contribution in [0, 0.1) is 12.8 Å². The molecule has 1 unspecified atom stereocenters. The summed E-state index contributed by atoms with van der Waals surface area (Å²) in [4.78, 5) is 14.5. The molecule has 1 saturated carbocycles. The maximum atomic E-state index is 9.59. The number of aryl methyl sites for hydroxylation is 1. The van der Waals surface area contributed by atoms with Crippen LogP contribution in [0.1, 0.15) is 30.5 Å². The van der Waals surface area contributed by atoms with Crippen LogP contribution in [0.25, 0.3) is 20.8 Å². The number of nitrogens with one attached hydrogen (secondary N) is 2. The van der Waals surface area contributed by atoms with Gasteiger partial charge in [0, 0.05) is 19.2 Å². The molecule has 1 aliphatic rings. The Balaban J connectivity index is 1.47. The van der Waals surface area contributed by atoms with Gasteiger partial charge in [-0.05, 0) is 61.9 Å². The SMILES string of the molecule is COc1cccc(CNc2nc(C)c(-c3nc4ccccc4s3)c(N[C@H]3CCC(CO)C3)n2)c1. The third-order valence-electron chi connectivity index (χ3n) is 6.32. The molecule has 176 valence electrons. The molecule has 0 saturated heterocycles. The van der Waals surface area contributed by atoms with Crippen LogP contribution in [0.15, 0.2) is 48.5 Å². The van der Waals surface area contributed by atoms with Crippen molar-refractivity contribution in [2.24, 2.45) is 5.92 Å². The molecule has 0 radical (unpaired) electrons. The molecule has 1 aliphatic carbocycles. The Labute approximate surface area is 203 Å². The van der Waals surface area contributed by atoms with Crippen LogP contribution in [0.4, 0.5) is 11.8 Å². The molecule has 2 aromatic carbocycles. The van der Waals surface area contributed by atoms with Crippen molar-refractivity contribution in [1.82, 2.24) is 15.0 Å². The molecule has 3 N–H and O–H groups in total. The maximum Gasteiger partial charge on any atom is 0.225 e. The van der Waals surface area contributed by atoms with Crippen LogP contribution in [-0.4, -0.2) is 39.8 Å². The zero-order valence-corrected chi connectivity index (χ0v) is 20.2. The van der Waals surface area contributed by atoms with E-state index in [0.717, 1.165) is 62.9 Å². The number of fused-ring (bicyclic) bond motifs is 1. The summed E-state index contributed by atoms with van der Waals surface area (Å²) < 4.78 is 6.48. The summed E-state index contributed by atoms with van der Waals surface area (Å²) in [5.74, 6) is 2.54. The number of nitrogens with zero attached hydrogens (tertiary/aromatic N) is 3. The van der Waals surface area contributed by atoms with Gasteiger partial charge in [-0.2, -0.15) is 4.98 Å². The molecule has 2 atom stereocenters. The largest absolute Gasteiger partial charge is 0.497 e. The monoisotopic (exact) mass is 475 g/mol. The highest BCUT2D eigenvalue weighted by Gasteiger charge is 2.26. The van der Waals surface area contributed by atoms with Gasteiger partial charge in [-0.15, -0.1) is 11.3 Å². The normalized spacial score (nSPS) is 17.7. The minimum Gasteiger partial charge on any atom is -0.497 e. The van der Waals surface area contributed by atoms with E-state index in [4.69, 9.17) is 19.7 Å². The first-order chi connectivity index (χ1) is 16.6. The first-order valence-electron chi connectivity index (χ1n) is 11.6. The van der Waals surface area contributed by atoms with Gasteiger partial charge in [-0.25, -0.2) is 9.97 Å². The molecular weight excluding hydrogens is 446 g/mol. The zero-order chi connectivity index (χ0) is 23.5. The number of aromatic nitrogens is 3. The Morgan fingerprint density at radius 3 is 2.76 bits per heavy atom. The predicted molar refractivity (Wildman–Crippen MR) is 138 cm³/mol. The average molecular weight is 476 g/mol. The molecule has 0 spiro atoms. The topological polar surface area (TPSA) is 92.2 Å². The number of anilines is 2. The number of methoxy groups -OCH3 is 1. The van der Waals surface area contributed by atoms with Crippen LogP contribution in [0.3, 0.4) is 0 Å². The van der Waals surface area contributed by atoms with Crippen molar-refractivity contribution in [2.45, 2.75) is 38.8 Å². The second kappa shape index (κ2) is 9.95. The van der Waals surface area contributed by atoms with E-state index in [0.29, 0.717) is 18.4 Å². The summed E-state index contributed by atoms with van der Waals surface area (Å²) in [5, 5.41) is 17.5. The first kappa shape index (κ1) is 22.6. The van der Waals surface area contributed by atoms with Gasteiger partial charge in [0.05, 0.1) is 28.6 Å². The molecule has 1 fully saturated rings. The van der Waals surface area contributed by atoms with Gasteiger partial charge in [-0.3, -0.25) is 0 Å². The van der Waals surface area contributed by atoms with E-state index in [1.165, 1.54) is 0 Å². The average Bonchev–Trinajstić information content (AvgIpc) is 3.49. The molecule has 5 rings (SSSR count). The van der Waals surface area contributed by atoms with Crippen molar-refractivity contribution in [2.75, 3.05) is 24.4 Å². The fourth-order valence-corrected chi connectivity index (χ4v) is 5.58. The molecule has 8 heteroatoms. The Hall–Kier alpha value is -3.23. The molecule has 0 bridgehead atoms. The predicted octanol–water partition coefficient (Wildman–Crippen LogP) is 5.26. The molecule has 34 heavy (non-hydrogen) atoms. The van der Waals surface area contributed by atoms with Crippen LogP contribution < -0.4 is 15.4 Å². The Bertz CT molecular complexity index is 1260. The van der Waals surface area contributed by atoms with E-state index in [9.17, 15) is 5.11 Å². The second-order valence-electron chi connectivity index (χ2n) is 8.75. The van der Waals surface area contributed by atoms with Gasteiger partial charge in [0.1, 0.15) is 16.6 Å². The van der Waals surface area contributed by atoms with Gasteiger partial charge in [0.25, 0.3) is 0 Å². The molecule has 4 aromatic rings. The quantitative estimate of drug-likeness (QED) is 0.320. The Kier molecular flexibility index (Phi) is 6.60. The van der Waals surface area contributed by atoms with Gasteiger partial charge < -0.3 is 20.5 Å². The van der Waals surface area contributed by atoms with Crippen LogP contribution in [0.2, 0.25) is 0 Å². The highest BCUT2D eigenvalue weighted by molar-refractivity contribution is 7.21. The third kappa shape index (κ3) is 4.83. The van der Waals surface area contributed by atoms with E-state index in [1.807, 2.05) is 49.4 Å². The summed E-state index contributed by atoms with van der Waals surface area (Å²) in [5.41, 5.74) is 3.89. The molecule has 2 heterocycles. The number of hydrogen-bond donors (Lipinski definition) is 3. The number of aliphatic hydroxyl groups excluding tert-OH is 1. The summed E-state index contributed by atoms with van der Waals surface area (Å²) >= 11 is 1.66. The molecule has 7 nitrogen and oxygen atoms in total. The zero-order valence-electron chi connectivity index (χ0n) is 19.4. The van der Waals surface area contributed by atoms with Gasteiger partial charge in [-0.1, -0.05) is 24.3 Å². The van der Waals surface area contributed by atoms with E-state index >= 15 is 0 Å². The van der Waals surface area contributed by atoms with Crippen molar-refractivity contribution in [3.8, 4) is 16.3 Å². The number of hydrogen-bond acceptors (Lipinski definition) is 8. The fourth-order valence-electron chi connectivity index (χ4n) is 4.52. The minimum absolute atomic E-state index is 0.235. The van der Waals surface area contributed by atoms with E-state index in [1.54, 1.807) is 18.4 Å². The van der Waals surface area contributed by atoms with Crippen molar-refractivity contribution >= 4 is 33.3 Å². The first-order valence-corrected chi connectivity index (χ1v) is 12.4.